The Kier molecular flexibility index (Phi) is 2.46. The lowest BCUT2D eigenvalue weighted by atomic mass is 9.91. The van der Waals surface area contributed by atoms with E-state index in [9.17, 15) is 0 Å². The van der Waals surface area contributed by atoms with Gasteiger partial charge < -0.3 is 15.8 Å². The van der Waals surface area contributed by atoms with Gasteiger partial charge in [-0.1, -0.05) is 0 Å². The van der Waals surface area contributed by atoms with E-state index in [4.69, 9.17) is 10.8 Å². The zero-order chi connectivity index (χ0) is 10.9. The number of H-pyrrole nitrogens is 1. The summed E-state index contributed by atoms with van der Waals surface area (Å²) < 4.78 is 0. The molecule has 4 nitrogen and oxygen atoms in total. The zero-order valence-electron chi connectivity index (χ0n) is 8.70. The van der Waals surface area contributed by atoms with Crippen LogP contribution in [-0.4, -0.2) is 21.7 Å². The standard InChI is InChI=1S/C11H15N3O/c1-11(12,3-5-15)8-6-10-9(14-7-8)2-4-13-10/h2,4,6-7,13,15H,3,5,12H2,1H3. The van der Waals surface area contributed by atoms with E-state index in [0.717, 1.165) is 16.6 Å². The van der Waals surface area contributed by atoms with Gasteiger partial charge in [0.1, 0.15) is 0 Å². The highest BCUT2D eigenvalue weighted by molar-refractivity contribution is 5.75. The maximum absolute atomic E-state index is 8.93. The van der Waals surface area contributed by atoms with Crippen LogP contribution in [0.1, 0.15) is 18.9 Å². The van der Waals surface area contributed by atoms with Crippen LogP contribution in [0.2, 0.25) is 0 Å². The number of pyridine rings is 1. The first-order valence-electron chi connectivity index (χ1n) is 4.97. The third-order valence-corrected chi connectivity index (χ3v) is 2.69. The number of nitrogens with one attached hydrogen (secondary N) is 1. The van der Waals surface area contributed by atoms with Crippen molar-refractivity contribution in [2.24, 2.45) is 5.73 Å². The van der Waals surface area contributed by atoms with Crippen LogP contribution in [0.5, 0.6) is 0 Å². The first-order valence-corrected chi connectivity index (χ1v) is 4.97. The van der Waals surface area contributed by atoms with Gasteiger partial charge in [0.2, 0.25) is 0 Å². The fourth-order valence-electron chi connectivity index (χ4n) is 1.62. The van der Waals surface area contributed by atoms with Crippen molar-refractivity contribution in [2.75, 3.05) is 6.61 Å². The van der Waals surface area contributed by atoms with Crippen LogP contribution < -0.4 is 5.73 Å². The molecule has 0 aliphatic rings. The zero-order valence-corrected chi connectivity index (χ0v) is 8.70. The summed E-state index contributed by atoms with van der Waals surface area (Å²) in [5.74, 6) is 0. The van der Waals surface area contributed by atoms with Gasteiger partial charge in [0.25, 0.3) is 0 Å². The first kappa shape index (κ1) is 10.1. The summed E-state index contributed by atoms with van der Waals surface area (Å²) in [5.41, 5.74) is 8.41. The fourth-order valence-corrected chi connectivity index (χ4v) is 1.62. The predicted octanol–water partition coefficient (Wildman–Crippen LogP) is 1.12. The minimum Gasteiger partial charge on any atom is -0.396 e. The lowest BCUT2D eigenvalue weighted by Gasteiger charge is -2.23. The van der Waals surface area contributed by atoms with Crippen LogP contribution >= 0.6 is 0 Å². The fraction of sp³-hybridized carbons (Fsp3) is 0.364. The molecule has 0 amide bonds. The summed E-state index contributed by atoms with van der Waals surface area (Å²) in [7, 11) is 0. The quantitative estimate of drug-likeness (QED) is 0.702. The molecule has 15 heavy (non-hydrogen) atoms. The molecule has 0 fully saturated rings. The number of hydrogen-bond acceptors (Lipinski definition) is 3. The van der Waals surface area contributed by atoms with Crippen molar-refractivity contribution in [3.63, 3.8) is 0 Å². The average Bonchev–Trinajstić information content (AvgIpc) is 2.63. The number of aliphatic hydroxyl groups is 1. The predicted molar refractivity (Wildman–Crippen MR) is 59.3 cm³/mol. The third kappa shape index (κ3) is 1.86. The second kappa shape index (κ2) is 3.64. The molecule has 4 heteroatoms. The highest BCUT2D eigenvalue weighted by atomic mass is 16.3. The molecule has 2 aromatic heterocycles. The molecule has 0 aliphatic heterocycles. The van der Waals surface area contributed by atoms with Gasteiger partial charge in [0.05, 0.1) is 11.0 Å². The number of aromatic nitrogens is 2. The molecule has 0 radical (unpaired) electrons. The minimum absolute atomic E-state index is 0.0791. The third-order valence-electron chi connectivity index (χ3n) is 2.69. The number of rotatable bonds is 3. The Bertz CT molecular complexity index is 462. The summed E-state index contributed by atoms with van der Waals surface area (Å²) in [6.45, 7) is 1.98. The Morgan fingerprint density at radius 3 is 3.13 bits per heavy atom. The SMILES string of the molecule is CC(N)(CCO)c1cnc2cc[nH]c2c1. The van der Waals surface area contributed by atoms with Crippen molar-refractivity contribution in [1.82, 2.24) is 9.97 Å². The summed E-state index contributed by atoms with van der Waals surface area (Å²) in [6.07, 6.45) is 4.15. The van der Waals surface area contributed by atoms with Gasteiger partial charge in [-0.15, -0.1) is 0 Å². The highest BCUT2D eigenvalue weighted by Crippen LogP contribution is 2.23. The van der Waals surface area contributed by atoms with E-state index in [1.165, 1.54) is 0 Å². The molecular formula is C11H15N3O. The maximum Gasteiger partial charge on any atom is 0.0878 e. The van der Waals surface area contributed by atoms with Crippen molar-refractivity contribution in [1.29, 1.82) is 0 Å². The van der Waals surface area contributed by atoms with Gasteiger partial charge in [-0.25, -0.2) is 0 Å². The summed E-state index contributed by atoms with van der Waals surface area (Å²) in [6, 6.07) is 3.90. The molecule has 0 bridgehead atoms. The highest BCUT2D eigenvalue weighted by Gasteiger charge is 2.21. The van der Waals surface area contributed by atoms with E-state index >= 15 is 0 Å². The summed E-state index contributed by atoms with van der Waals surface area (Å²) in [4.78, 5) is 7.39. The monoisotopic (exact) mass is 205 g/mol. The Morgan fingerprint density at radius 2 is 2.40 bits per heavy atom. The Labute approximate surface area is 88.1 Å². The molecule has 80 valence electrons. The van der Waals surface area contributed by atoms with Crippen LogP contribution in [0.4, 0.5) is 0 Å². The second-order valence-electron chi connectivity index (χ2n) is 4.03. The van der Waals surface area contributed by atoms with Crippen LogP contribution in [0.15, 0.2) is 24.5 Å². The number of aromatic amines is 1. The van der Waals surface area contributed by atoms with Crippen molar-refractivity contribution in [3.8, 4) is 0 Å². The molecule has 0 spiro atoms. The van der Waals surface area contributed by atoms with Gasteiger partial charge in [-0.3, -0.25) is 4.98 Å². The average molecular weight is 205 g/mol. The van der Waals surface area contributed by atoms with Gasteiger partial charge in [0.15, 0.2) is 0 Å². The number of nitrogens with two attached hydrogens (primary N) is 1. The van der Waals surface area contributed by atoms with Crippen LogP contribution in [0.25, 0.3) is 11.0 Å². The largest absolute Gasteiger partial charge is 0.396 e. The van der Waals surface area contributed by atoms with Crippen molar-refractivity contribution < 1.29 is 5.11 Å². The van der Waals surface area contributed by atoms with Crippen molar-refractivity contribution in [3.05, 3.63) is 30.1 Å². The van der Waals surface area contributed by atoms with Gasteiger partial charge in [0, 0.05) is 24.5 Å². The van der Waals surface area contributed by atoms with E-state index in [1.807, 2.05) is 25.3 Å². The summed E-state index contributed by atoms with van der Waals surface area (Å²) in [5, 5.41) is 8.93. The molecule has 0 aliphatic carbocycles. The molecule has 1 unspecified atom stereocenters. The molecule has 2 heterocycles. The molecule has 4 N–H and O–H groups in total. The molecular weight excluding hydrogens is 190 g/mol. The molecule has 2 rings (SSSR count). The minimum atomic E-state index is -0.527. The lowest BCUT2D eigenvalue weighted by Crippen LogP contribution is -2.34. The van der Waals surface area contributed by atoms with Crippen LogP contribution in [0, 0.1) is 0 Å². The number of aliphatic hydroxyl groups excluding tert-OH is 1. The Hall–Kier alpha value is -1.39. The first-order chi connectivity index (χ1) is 7.13. The second-order valence-corrected chi connectivity index (χ2v) is 4.03. The Morgan fingerprint density at radius 1 is 1.60 bits per heavy atom. The van der Waals surface area contributed by atoms with E-state index in [2.05, 4.69) is 9.97 Å². The van der Waals surface area contributed by atoms with E-state index in [-0.39, 0.29) is 6.61 Å². The number of nitrogens with zero attached hydrogens (tertiary/aromatic N) is 1. The molecule has 1 atom stereocenters. The maximum atomic E-state index is 8.93. The van der Waals surface area contributed by atoms with Crippen molar-refractivity contribution >= 4 is 11.0 Å². The molecule has 0 aromatic carbocycles. The van der Waals surface area contributed by atoms with Gasteiger partial charge >= 0.3 is 0 Å². The van der Waals surface area contributed by atoms with E-state index < -0.39 is 5.54 Å². The number of hydrogen-bond donors (Lipinski definition) is 3. The Balaban J connectivity index is 2.42. The van der Waals surface area contributed by atoms with E-state index in [1.54, 1.807) is 6.20 Å². The molecule has 0 saturated carbocycles. The van der Waals surface area contributed by atoms with Gasteiger partial charge in [-0.2, -0.15) is 0 Å². The van der Waals surface area contributed by atoms with Crippen LogP contribution in [0.3, 0.4) is 0 Å². The van der Waals surface area contributed by atoms with Gasteiger partial charge in [-0.05, 0) is 31.0 Å². The summed E-state index contributed by atoms with van der Waals surface area (Å²) >= 11 is 0. The smallest absolute Gasteiger partial charge is 0.0878 e. The van der Waals surface area contributed by atoms with Crippen molar-refractivity contribution in [2.45, 2.75) is 18.9 Å². The topological polar surface area (TPSA) is 74.9 Å². The molecule has 2 aromatic rings. The lowest BCUT2D eigenvalue weighted by molar-refractivity contribution is 0.247. The van der Waals surface area contributed by atoms with E-state index in [0.29, 0.717) is 6.42 Å². The molecule has 0 saturated heterocycles. The number of fused-ring (bicyclic) bond motifs is 1. The normalized spacial score (nSPS) is 15.4. The van der Waals surface area contributed by atoms with Crippen LogP contribution in [-0.2, 0) is 5.54 Å².